The topological polar surface area (TPSA) is 107 Å². The number of aldehydes is 1. The van der Waals surface area contributed by atoms with Gasteiger partial charge in [-0.05, 0) is 37.1 Å². The number of ether oxygens (including phenoxy) is 1. The van der Waals surface area contributed by atoms with E-state index in [2.05, 4.69) is 0 Å². The maximum absolute atomic E-state index is 12.6. The van der Waals surface area contributed by atoms with Crippen molar-refractivity contribution in [1.29, 1.82) is 0 Å². The maximum Gasteiger partial charge on any atom is 0.228 e. The number of hydrogen-bond acceptors (Lipinski definition) is 6. The third-order valence-electron chi connectivity index (χ3n) is 6.30. The number of aliphatic hydroxyl groups is 1. The van der Waals surface area contributed by atoms with Crippen LogP contribution < -0.4 is 4.74 Å². The van der Waals surface area contributed by atoms with Crippen LogP contribution in [-0.2, 0) is 9.59 Å². The van der Waals surface area contributed by atoms with Gasteiger partial charge < -0.3 is 14.6 Å². The Balaban J connectivity index is 2.27. The Hall–Kier alpha value is -3.06. The van der Waals surface area contributed by atoms with Crippen LogP contribution in [0.25, 0.3) is 0 Å². The first-order valence-electron chi connectivity index (χ1n) is 9.74. The van der Waals surface area contributed by atoms with E-state index < -0.39 is 40.2 Å². The molecule has 0 spiro atoms. The molecule has 2 aromatic carbocycles. The van der Waals surface area contributed by atoms with E-state index in [1.807, 2.05) is 0 Å². The van der Waals surface area contributed by atoms with Gasteiger partial charge in [0.05, 0.1) is 36.4 Å². The quantitative estimate of drug-likeness (QED) is 0.445. The molecular formula is C23H25NO6. The van der Waals surface area contributed by atoms with Gasteiger partial charge in [-0.15, -0.1) is 0 Å². The lowest BCUT2D eigenvalue weighted by atomic mass is 9.54. The van der Waals surface area contributed by atoms with Crippen LogP contribution in [0.1, 0.15) is 36.8 Å². The minimum absolute atomic E-state index is 0.388. The molecule has 158 valence electrons. The van der Waals surface area contributed by atoms with E-state index in [4.69, 9.17) is 4.74 Å². The summed E-state index contributed by atoms with van der Waals surface area (Å²) in [5, 5.41) is 23.8. The molecule has 0 bridgehead atoms. The van der Waals surface area contributed by atoms with Gasteiger partial charge in [0.25, 0.3) is 0 Å². The van der Waals surface area contributed by atoms with E-state index >= 15 is 0 Å². The van der Waals surface area contributed by atoms with E-state index in [1.165, 1.54) is 21.0 Å². The molecule has 1 aliphatic carbocycles. The number of methoxy groups -OCH3 is 1. The maximum atomic E-state index is 12.6. The number of rotatable bonds is 6. The highest BCUT2D eigenvalue weighted by atomic mass is 16.6. The molecule has 1 N–H and O–H groups in total. The highest BCUT2D eigenvalue weighted by Gasteiger charge is 2.63. The zero-order chi connectivity index (χ0) is 22.1. The highest BCUT2D eigenvalue weighted by molar-refractivity contribution is 5.82. The van der Waals surface area contributed by atoms with Gasteiger partial charge in [-0.1, -0.05) is 42.5 Å². The van der Waals surface area contributed by atoms with Crippen molar-refractivity contribution in [2.24, 2.45) is 11.8 Å². The molecular weight excluding hydrogens is 386 g/mol. The zero-order valence-electron chi connectivity index (χ0n) is 17.1. The fourth-order valence-electron chi connectivity index (χ4n) is 5.01. The normalized spacial score (nSPS) is 31.0. The number of nitro groups is 1. The van der Waals surface area contributed by atoms with Gasteiger partial charge in [-0.2, -0.15) is 0 Å². The molecule has 0 heterocycles. The fraction of sp³-hybridized carbons (Fsp3) is 0.391. The Morgan fingerprint density at radius 3 is 2.13 bits per heavy atom. The number of hydrogen-bond donors (Lipinski definition) is 1. The van der Waals surface area contributed by atoms with E-state index in [-0.39, 0.29) is 5.78 Å². The van der Waals surface area contributed by atoms with Crippen molar-refractivity contribution in [2.45, 2.75) is 37.3 Å². The molecule has 1 saturated carbocycles. The summed E-state index contributed by atoms with van der Waals surface area (Å²) in [5.41, 5.74) is -0.633. The second kappa shape index (κ2) is 8.36. The average Bonchev–Trinajstić information content (AvgIpc) is 2.72. The van der Waals surface area contributed by atoms with Gasteiger partial charge in [0, 0.05) is 4.92 Å². The standard InChI is InChI=1S/C23H25NO6/c1-14(26)21-20(15-7-5-4-6-8-15)22(24(28)29)19(18(13-25)23(21,2)27)16-9-11-17(30-3)12-10-16/h4-13,18-22,27H,1-3H3/t18-,19-,20+,21+,22-,23-/m0/s1. The van der Waals surface area contributed by atoms with E-state index in [0.29, 0.717) is 23.2 Å². The Kier molecular flexibility index (Phi) is 6.03. The molecule has 0 unspecified atom stereocenters. The predicted octanol–water partition coefficient (Wildman–Crippen LogP) is 2.99. The second-order valence-electron chi connectivity index (χ2n) is 7.99. The van der Waals surface area contributed by atoms with Crippen LogP contribution in [0.3, 0.4) is 0 Å². The van der Waals surface area contributed by atoms with E-state index in [1.54, 1.807) is 54.6 Å². The van der Waals surface area contributed by atoms with E-state index in [0.717, 1.165) is 0 Å². The lowest BCUT2D eigenvalue weighted by molar-refractivity contribution is -0.539. The van der Waals surface area contributed by atoms with Crippen molar-refractivity contribution in [1.82, 2.24) is 0 Å². The van der Waals surface area contributed by atoms with Gasteiger partial charge >= 0.3 is 0 Å². The number of carbonyl (C=O) groups is 2. The number of Topliss-reactive ketones (excluding diaryl/α,β-unsaturated/α-hetero) is 1. The minimum atomic E-state index is -1.76. The van der Waals surface area contributed by atoms with Crippen molar-refractivity contribution < 1.29 is 24.4 Å². The summed E-state index contributed by atoms with van der Waals surface area (Å²) in [5.74, 6) is -3.85. The van der Waals surface area contributed by atoms with Crippen molar-refractivity contribution in [3.63, 3.8) is 0 Å². The van der Waals surface area contributed by atoms with Gasteiger partial charge in [0.1, 0.15) is 17.8 Å². The second-order valence-corrected chi connectivity index (χ2v) is 7.99. The van der Waals surface area contributed by atoms with E-state index in [9.17, 15) is 24.8 Å². The number of benzene rings is 2. The zero-order valence-corrected chi connectivity index (χ0v) is 17.1. The Labute approximate surface area is 174 Å². The summed E-state index contributed by atoms with van der Waals surface area (Å²) in [7, 11) is 1.51. The van der Waals surface area contributed by atoms with Crippen LogP contribution in [0.15, 0.2) is 54.6 Å². The van der Waals surface area contributed by atoms with Crippen molar-refractivity contribution in [3.05, 3.63) is 75.8 Å². The molecule has 2 aromatic rings. The molecule has 7 heteroatoms. The molecule has 1 aliphatic rings. The van der Waals surface area contributed by atoms with Crippen molar-refractivity contribution in [3.8, 4) is 5.75 Å². The van der Waals surface area contributed by atoms with Crippen LogP contribution in [-0.4, -0.2) is 40.9 Å². The molecule has 0 amide bonds. The van der Waals surface area contributed by atoms with Crippen LogP contribution in [0.4, 0.5) is 0 Å². The first-order valence-corrected chi connectivity index (χ1v) is 9.74. The van der Waals surface area contributed by atoms with Crippen LogP contribution in [0.5, 0.6) is 5.75 Å². The van der Waals surface area contributed by atoms with Gasteiger partial charge in [-0.25, -0.2) is 0 Å². The lowest BCUT2D eigenvalue weighted by Crippen LogP contribution is -2.61. The molecule has 7 nitrogen and oxygen atoms in total. The fourth-order valence-corrected chi connectivity index (χ4v) is 5.01. The molecule has 1 fully saturated rings. The first-order chi connectivity index (χ1) is 14.2. The third kappa shape index (κ3) is 3.61. The first kappa shape index (κ1) is 21.6. The summed E-state index contributed by atoms with van der Waals surface area (Å²) in [6.07, 6.45) is 0.544. The monoisotopic (exact) mass is 411 g/mol. The molecule has 0 aliphatic heterocycles. The molecule has 30 heavy (non-hydrogen) atoms. The molecule has 0 aromatic heterocycles. The molecule has 6 atom stereocenters. The van der Waals surface area contributed by atoms with Crippen molar-refractivity contribution in [2.75, 3.05) is 7.11 Å². The number of carbonyl (C=O) groups excluding carboxylic acids is 2. The molecule has 0 radical (unpaired) electrons. The smallest absolute Gasteiger partial charge is 0.228 e. The molecule has 3 rings (SSSR count). The summed E-state index contributed by atoms with van der Waals surface area (Å²) in [6, 6.07) is 14.1. The Morgan fingerprint density at radius 2 is 1.67 bits per heavy atom. The third-order valence-corrected chi connectivity index (χ3v) is 6.30. The Bertz CT molecular complexity index is 924. The number of ketones is 1. The van der Waals surface area contributed by atoms with Crippen LogP contribution in [0, 0.1) is 22.0 Å². The van der Waals surface area contributed by atoms with Crippen LogP contribution in [0.2, 0.25) is 0 Å². The highest BCUT2D eigenvalue weighted by Crippen LogP contribution is 2.53. The SMILES string of the molecule is COc1ccc([C@@H]2[C@H]([N+](=O)[O-])[C@H](c3ccccc3)[C@@H](C(C)=O)[C@@](C)(O)[C@H]2C=O)cc1. The molecule has 0 saturated heterocycles. The summed E-state index contributed by atoms with van der Waals surface area (Å²) in [4.78, 5) is 36.7. The van der Waals surface area contributed by atoms with Gasteiger partial charge in [-0.3, -0.25) is 14.9 Å². The van der Waals surface area contributed by atoms with Gasteiger partial charge in [0.2, 0.25) is 6.04 Å². The average molecular weight is 411 g/mol. The summed E-state index contributed by atoms with van der Waals surface area (Å²) in [6.45, 7) is 2.74. The van der Waals surface area contributed by atoms with Gasteiger partial charge in [0.15, 0.2) is 0 Å². The summed E-state index contributed by atoms with van der Waals surface area (Å²) < 4.78 is 5.17. The minimum Gasteiger partial charge on any atom is -0.497 e. The lowest BCUT2D eigenvalue weighted by Gasteiger charge is -2.49. The summed E-state index contributed by atoms with van der Waals surface area (Å²) >= 11 is 0. The largest absolute Gasteiger partial charge is 0.497 e. The number of nitrogens with zero attached hydrogens (tertiary/aromatic N) is 1. The predicted molar refractivity (Wildman–Crippen MR) is 110 cm³/mol. The Morgan fingerprint density at radius 1 is 1.10 bits per heavy atom. The van der Waals surface area contributed by atoms with Crippen LogP contribution >= 0.6 is 0 Å². The van der Waals surface area contributed by atoms with Crippen molar-refractivity contribution >= 4 is 12.1 Å².